The Morgan fingerprint density at radius 3 is 2.71 bits per heavy atom. The van der Waals surface area contributed by atoms with Gasteiger partial charge in [0.05, 0.1) is 5.02 Å². The summed E-state index contributed by atoms with van der Waals surface area (Å²) in [5, 5.41) is 3.32. The molecule has 5 heteroatoms. The quantitative estimate of drug-likeness (QED) is 0.840. The summed E-state index contributed by atoms with van der Waals surface area (Å²) in [6, 6.07) is 12.8. The van der Waals surface area contributed by atoms with E-state index >= 15 is 0 Å². The van der Waals surface area contributed by atoms with Crippen molar-refractivity contribution in [3.63, 3.8) is 0 Å². The zero-order valence-corrected chi connectivity index (χ0v) is 14.0. The van der Waals surface area contributed by atoms with Gasteiger partial charge in [0.15, 0.2) is 6.10 Å². The van der Waals surface area contributed by atoms with Crippen molar-refractivity contribution in [3.05, 3.63) is 57.5 Å². The van der Waals surface area contributed by atoms with Crippen LogP contribution in [0.25, 0.3) is 0 Å². The number of nitrogens with one attached hydrogen (secondary N) is 1. The van der Waals surface area contributed by atoms with Crippen LogP contribution in [-0.2, 0) is 4.79 Å². The lowest BCUT2D eigenvalue weighted by Crippen LogP contribution is -2.30. The summed E-state index contributed by atoms with van der Waals surface area (Å²) in [7, 11) is 0. The van der Waals surface area contributed by atoms with Crippen molar-refractivity contribution in [2.45, 2.75) is 20.0 Å². The zero-order valence-electron chi connectivity index (χ0n) is 11.7. The van der Waals surface area contributed by atoms with Gasteiger partial charge in [0.1, 0.15) is 5.75 Å². The van der Waals surface area contributed by atoms with Crippen molar-refractivity contribution in [1.82, 2.24) is 0 Å². The molecule has 1 amide bonds. The number of aryl methyl sites for hydroxylation is 1. The maximum Gasteiger partial charge on any atom is 0.265 e. The predicted molar refractivity (Wildman–Crippen MR) is 89.1 cm³/mol. The Bertz CT molecular complexity index is 660. The lowest BCUT2D eigenvalue weighted by Gasteiger charge is -2.15. The molecule has 3 nitrogen and oxygen atoms in total. The number of amides is 1. The lowest BCUT2D eigenvalue weighted by molar-refractivity contribution is -0.122. The van der Waals surface area contributed by atoms with Crippen molar-refractivity contribution >= 4 is 39.1 Å². The molecule has 2 aromatic rings. The monoisotopic (exact) mass is 367 g/mol. The zero-order chi connectivity index (χ0) is 15.4. The molecule has 1 N–H and O–H groups in total. The van der Waals surface area contributed by atoms with Crippen LogP contribution in [0.3, 0.4) is 0 Å². The third-order valence-corrected chi connectivity index (χ3v) is 4.09. The molecule has 0 spiro atoms. The molecule has 0 heterocycles. The minimum Gasteiger partial charge on any atom is -0.481 e. The van der Waals surface area contributed by atoms with Crippen LogP contribution in [-0.4, -0.2) is 12.0 Å². The normalized spacial score (nSPS) is 11.8. The minimum absolute atomic E-state index is 0.227. The first kappa shape index (κ1) is 15.9. The van der Waals surface area contributed by atoms with E-state index in [1.807, 2.05) is 31.2 Å². The first-order valence-corrected chi connectivity index (χ1v) is 7.62. The highest BCUT2D eigenvalue weighted by Gasteiger charge is 2.15. The van der Waals surface area contributed by atoms with Crippen molar-refractivity contribution in [2.24, 2.45) is 0 Å². The van der Waals surface area contributed by atoms with Crippen LogP contribution in [0.5, 0.6) is 5.75 Å². The van der Waals surface area contributed by atoms with Gasteiger partial charge in [-0.05, 0) is 65.7 Å². The highest BCUT2D eigenvalue weighted by atomic mass is 79.9. The molecule has 0 saturated carbocycles. The third-order valence-electron chi connectivity index (χ3n) is 2.86. The Kier molecular flexibility index (Phi) is 5.26. The van der Waals surface area contributed by atoms with Gasteiger partial charge in [-0.25, -0.2) is 0 Å². The molecular weight excluding hydrogens is 354 g/mol. The van der Waals surface area contributed by atoms with Crippen molar-refractivity contribution in [3.8, 4) is 5.75 Å². The standard InChI is InChI=1S/C16H15BrClNO2/c1-10-4-3-5-13(8-10)21-11(2)16(20)19-12-6-7-14(17)15(18)9-12/h3-9,11H,1-2H3,(H,19,20)/t11-/m1/s1. The number of halogens is 2. The average Bonchev–Trinajstić information content (AvgIpc) is 2.43. The van der Waals surface area contributed by atoms with Crippen LogP contribution in [0.2, 0.25) is 5.02 Å². The molecule has 0 radical (unpaired) electrons. The molecule has 0 aromatic heterocycles. The van der Waals surface area contributed by atoms with Gasteiger partial charge in [-0.1, -0.05) is 23.7 Å². The first-order valence-electron chi connectivity index (χ1n) is 6.45. The summed E-state index contributed by atoms with van der Waals surface area (Å²) < 4.78 is 6.41. The summed E-state index contributed by atoms with van der Waals surface area (Å²) in [4.78, 5) is 12.1. The maximum atomic E-state index is 12.1. The topological polar surface area (TPSA) is 38.3 Å². The van der Waals surface area contributed by atoms with E-state index in [4.69, 9.17) is 16.3 Å². The fraction of sp³-hybridized carbons (Fsp3) is 0.188. The molecule has 0 aliphatic rings. The Morgan fingerprint density at radius 2 is 2.05 bits per heavy atom. The van der Waals surface area contributed by atoms with Gasteiger partial charge in [0.25, 0.3) is 5.91 Å². The summed E-state index contributed by atoms with van der Waals surface area (Å²) in [5.74, 6) is 0.446. The Labute approximate surface area is 137 Å². The summed E-state index contributed by atoms with van der Waals surface area (Å²) in [6.07, 6.45) is -0.603. The van der Waals surface area contributed by atoms with E-state index in [1.54, 1.807) is 25.1 Å². The SMILES string of the molecule is Cc1cccc(O[C@H](C)C(=O)Nc2ccc(Br)c(Cl)c2)c1. The van der Waals surface area contributed by atoms with Gasteiger partial charge >= 0.3 is 0 Å². The Hall–Kier alpha value is -1.52. The number of rotatable bonds is 4. The molecule has 2 rings (SSSR count). The van der Waals surface area contributed by atoms with Gasteiger partial charge in [-0.2, -0.15) is 0 Å². The van der Waals surface area contributed by atoms with E-state index in [9.17, 15) is 4.79 Å². The number of hydrogen-bond donors (Lipinski definition) is 1. The van der Waals surface area contributed by atoms with Crippen LogP contribution in [0.15, 0.2) is 46.9 Å². The van der Waals surface area contributed by atoms with Gasteiger partial charge in [0.2, 0.25) is 0 Å². The fourth-order valence-electron chi connectivity index (χ4n) is 1.76. The van der Waals surface area contributed by atoms with Crippen LogP contribution < -0.4 is 10.1 Å². The second-order valence-corrected chi connectivity index (χ2v) is 5.96. The average molecular weight is 369 g/mol. The van der Waals surface area contributed by atoms with Crippen LogP contribution in [0.1, 0.15) is 12.5 Å². The highest BCUT2D eigenvalue weighted by molar-refractivity contribution is 9.10. The minimum atomic E-state index is -0.603. The van der Waals surface area contributed by atoms with Gasteiger partial charge < -0.3 is 10.1 Å². The van der Waals surface area contributed by atoms with Crippen molar-refractivity contribution < 1.29 is 9.53 Å². The molecule has 1 atom stereocenters. The van der Waals surface area contributed by atoms with Crippen molar-refractivity contribution in [2.75, 3.05) is 5.32 Å². The number of ether oxygens (including phenoxy) is 1. The number of anilines is 1. The fourth-order valence-corrected chi connectivity index (χ4v) is 2.19. The molecule has 2 aromatic carbocycles. The van der Waals surface area contributed by atoms with Crippen LogP contribution in [0.4, 0.5) is 5.69 Å². The molecule has 21 heavy (non-hydrogen) atoms. The molecule has 0 fully saturated rings. The van der Waals surface area contributed by atoms with Gasteiger partial charge in [0, 0.05) is 10.2 Å². The largest absolute Gasteiger partial charge is 0.481 e. The van der Waals surface area contributed by atoms with Crippen molar-refractivity contribution in [1.29, 1.82) is 0 Å². The number of carbonyl (C=O) groups excluding carboxylic acids is 1. The van der Waals surface area contributed by atoms with E-state index < -0.39 is 6.10 Å². The molecule has 0 unspecified atom stereocenters. The van der Waals surface area contributed by atoms with Crippen LogP contribution in [0, 0.1) is 6.92 Å². The number of carbonyl (C=O) groups is 1. The lowest BCUT2D eigenvalue weighted by atomic mass is 10.2. The number of hydrogen-bond acceptors (Lipinski definition) is 2. The Morgan fingerprint density at radius 1 is 1.29 bits per heavy atom. The maximum absolute atomic E-state index is 12.1. The summed E-state index contributed by atoms with van der Waals surface area (Å²) in [6.45, 7) is 3.68. The molecule has 0 saturated heterocycles. The second kappa shape index (κ2) is 6.96. The predicted octanol–water partition coefficient (Wildman–Crippen LogP) is 4.82. The van der Waals surface area contributed by atoms with Gasteiger partial charge in [-0.3, -0.25) is 4.79 Å². The molecule has 0 aliphatic heterocycles. The Balaban J connectivity index is 2.00. The van der Waals surface area contributed by atoms with E-state index in [1.165, 1.54) is 0 Å². The smallest absolute Gasteiger partial charge is 0.265 e. The van der Waals surface area contributed by atoms with E-state index in [0.717, 1.165) is 10.0 Å². The number of benzene rings is 2. The molecule has 0 bridgehead atoms. The third kappa shape index (κ3) is 4.48. The highest BCUT2D eigenvalue weighted by Crippen LogP contribution is 2.25. The first-order chi connectivity index (χ1) is 9.95. The van der Waals surface area contributed by atoms with E-state index in [-0.39, 0.29) is 5.91 Å². The van der Waals surface area contributed by atoms with E-state index in [2.05, 4.69) is 21.2 Å². The molecule has 110 valence electrons. The summed E-state index contributed by atoms with van der Waals surface area (Å²) >= 11 is 9.30. The molecular formula is C16H15BrClNO2. The van der Waals surface area contributed by atoms with Crippen LogP contribution >= 0.6 is 27.5 Å². The van der Waals surface area contributed by atoms with E-state index in [0.29, 0.717) is 16.5 Å². The molecule has 0 aliphatic carbocycles. The summed E-state index contributed by atoms with van der Waals surface area (Å²) in [5.41, 5.74) is 1.72. The second-order valence-electron chi connectivity index (χ2n) is 4.69. The van der Waals surface area contributed by atoms with Gasteiger partial charge in [-0.15, -0.1) is 0 Å².